The number of benzene rings is 4. The van der Waals surface area contributed by atoms with Gasteiger partial charge in [0.05, 0.1) is 5.56 Å². The molecule has 146 valence electrons. The summed E-state index contributed by atoms with van der Waals surface area (Å²) in [6, 6.07) is 31.5. The summed E-state index contributed by atoms with van der Waals surface area (Å²) < 4.78 is 11.8. The number of rotatable bonds is 4. The molecule has 0 aromatic heterocycles. The van der Waals surface area contributed by atoms with Crippen molar-refractivity contribution in [3.63, 3.8) is 0 Å². The first-order valence-electron chi connectivity index (χ1n) is 9.98. The molecule has 0 atom stereocenters. The molecule has 0 amide bonds. The maximum absolute atomic E-state index is 13.5. The topological polar surface area (TPSA) is 35.5 Å². The number of hydrogen-bond donors (Lipinski definition) is 0. The zero-order valence-corrected chi connectivity index (χ0v) is 16.3. The minimum atomic E-state index is -0.505. The molecule has 1 aliphatic heterocycles. The van der Waals surface area contributed by atoms with Crippen LogP contribution in [0.15, 0.2) is 103 Å². The second-order valence-electron chi connectivity index (χ2n) is 7.21. The van der Waals surface area contributed by atoms with Gasteiger partial charge in [0.25, 0.3) is 0 Å². The summed E-state index contributed by atoms with van der Waals surface area (Å²) >= 11 is 0. The van der Waals surface area contributed by atoms with E-state index in [4.69, 9.17) is 9.47 Å². The van der Waals surface area contributed by atoms with Gasteiger partial charge in [-0.05, 0) is 34.0 Å². The zero-order valence-electron chi connectivity index (χ0n) is 16.3. The van der Waals surface area contributed by atoms with Crippen LogP contribution in [0.2, 0.25) is 0 Å². The molecule has 0 saturated heterocycles. The molecule has 0 unspecified atom stereocenters. The van der Waals surface area contributed by atoms with Gasteiger partial charge in [0.15, 0.2) is 0 Å². The van der Waals surface area contributed by atoms with Crippen LogP contribution in [0, 0.1) is 0 Å². The van der Waals surface area contributed by atoms with Crippen LogP contribution in [0.4, 0.5) is 0 Å². The highest BCUT2D eigenvalue weighted by Crippen LogP contribution is 2.38. The largest absolute Gasteiger partial charge is 0.489 e. The van der Waals surface area contributed by atoms with Gasteiger partial charge in [0, 0.05) is 0 Å². The van der Waals surface area contributed by atoms with Crippen molar-refractivity contribution < 1.29 is 14.3 Å². The number of fused-ring (bicyclic) bond motifs is 3. The molecule has 0 bridgehead atoms. The summed E-state index contributed by atoms with van der Waals surface area (Å²) in [5.74, 6) is 0.471. The summed E-state index contributed by atoms with van der Waals surface area (Å²) in [7, 11) is 0. The third kappa shape index (κ3) is 3.35. The van der Waals surface area contributed by atoms with Gasteiger partial charge in [0.1, 0.15) is 24.0 Å². The van der Waals surface area contributed by atoms with Crippen molar-refractivity contribution in [2.45, 2.75) is 5.92 Å². The molecule has 4 aromatic rings. The number of esters is 1. The molecule has 0 aliphatic carbocycles. The van der Waals surface area contributed by atoms with Crippen LogP contribution in [0.25, 0.3) is 16.5 Å². The van der Waals surface area contributed by atoms with E-state index in [1.807, 2.05) is 103 Å². The number of hydrogen-bond acceptors (Lipinski definition) is 3. The Morgan fingerprint density at radius 2 is 1.40 bits per heavy atom. The van der Waals surface area contributed by atoms with Crippen molar-refractivity contribution in [1.82, 2.24) is 0 Å². The van der Waals surface area contributed by atoms with Crippen LogP contribution in [0.5, 0.6) is 5.75 Å². The normalized spacial score (nSPS) is 12.8. The Morgan fingerprint density at radius 3 is 2.10 bits per heavy atom. The van der Waals surface area contributed by atoms with Gasteiger partial charge < -0.3 is 9.47 Å². The Kier molecular flexibility index (Phi) is 4.78. The maximum Gasteiger partial charge on any atom is 0.323 e. The van der Waals surface area contributed by atoms with Gasteiger partial charge in [-0.3, -0.25) is 4.79 Å². The fraction of sp³-hybridized carbons (Fsp3) is 0.0741. The second-order valence-corrected chi connectivity index (χ2v) is 7.21. The molecule has 0 radical (unpaired) electrons. The smallest absolute Gasteiger partial charge is 0.323 e. The molecule has 0 spiro atoms. The summed E-state index contributed by atoms with van der Waals surface area (Å²) in [6.07, 6.45) is 1.83. The average Bonchev–Trinajstić information content (AvgIpc) is 2.80. The van der Waals surface area contributed by atoms with Crippen molar-refractivity contribution in [2.24, 2.45) is 0 Å². The van der Waals surface area contributed by atoms with Crippen LogP contribution >= 0.6 is 0 Å². The quantitative estimate of drug-likeness (QED) is 0.403. The van der Waals surface area contributed by atoms with E-state index in [-0.39, 0.29) is 5.97 Å². The Balaban J connectivity index is 1.55. The lowest BCUT2D eigenvalue weighted by atomic mass is 9.91. The second kappa shape index (κ2) is 7.88. The molecule has 1 heterocycles. The first-order valence-corrected chi connectivity index (χ1v) is 9.98. The van der Waals surface area contributed by atoms with E-state index in [9.17, 15) is 4.79 Å². The van der Waals surface area contributed by atoms with Crippen molar-refractivity contribution >= 4 is 22.5 Å². The summed E-state index contributed by atoms with van der Waals surface area (Å²) in [5, 5.41) is 2.08. The predicted molar refractivity (Wildman–Crippen MR) is 118 cm³/mol. The molecule has 30 heavy (non-hydrogen) atoms. The Labute approximate surface area is 175 Å². The van der Waals surface area contributed by atoms with Crippen LogP contribution in [-0.2, 0) is 9.53 Å². The lowest BCUT2D eigenvalue weighted by Crippen LogP contribution is -2.18. The third-order valence-corrected chi connectivity index (χ3v) is 5.36. The van der Waals surface area contributed by atoms with Gasteiger partial charge in [-0.15, -0.1) is 0 Å². The van der Waals surface area contributed by atoms with Gasteiger partial charge in [-0.25, -0.2) is 0 Å². The van der Waals surface area contributed by atoms with Gasteiger partial charge >= 0.3 is 5.97 Å². The highest BCUT2D eigenvalue weighted by molar-refractivity contribution is 5.98. The molecule has 0 fully saturated rings. The van der Waals surface area contributed by atoms with Gasteiger partial charge in [0.2, 0.25) is 0 Å². The average molecular weight is 392 g/mol. The molecule has 5 rings (SSSR count). The van der Waals surface area contributed by atoms with Crippen molar-refractivity contribution in [2.75, 3.05) is 6.61 Å². The van der Waals surface area contributed by atoms with E-state index in [1.54, 1.807) is 0 Å². The monoisotopic (exact) mass is 392 g/mol. The molecular weight excluding hydrogens is 372 g/mol. The maximum atomic E-state index is 13.5. The van der Waals surface area contributed by atoms with E-state index in [2.05, 4.69) is 0 Å². The number of ether oxygens (including phenoxy) is 2. The van der Waals surface area contributed by atoms with Crippen LogP contribution in [-0.4, -0.2) is 12.6 Å². The van der Waals surface area contributed by atoms with Crippen molar-refractivity contribution in [3.8, 4) is 5.75 Å². The minimum absolute atomic E-state index is 0.306. The van der Waals surface area contributed by atoms with Gasteiger partial charge in [-0.2, -0.15) is 0 Å². The number of carbonyl (C=O) groups is 1. The first-order chi connectivity index (χ1) is 14.8. The molecule has 3 heteroatoms. The zero-order chi connectivity index (χ0) is 20.3. The fourth-order valence-corrected chi connectivity index (χ4v) is 3.95. The highest BCUT2D eigenvalue weighted by atomic mass is 16.5. The lowest BCUT2D eigenvalue weighted by molar-refractivity contribution is -0.137. The number of carbonyl (C=O) groups excluding carboxylic acids is 1. The first kappa shape index (κ1) is 18.2. The molecule has 4 aromatic carbocycles. The molecule has 3 nitrogen and oxygen atoms in total. The highest BCUT2D eigenvalue weighted by Gasteiger charge is 2.28. The van der Waals surface area contributed by atoms with Crippen molar-refractivity contribution in [1.29, 1.82) is 0 Å². The van der Waals surface area contributed by atoms with E-state index < -0.39 is 5.92 Å². The fourth-order valence-electron chi connectivity index (χ4n) is 3.95. The Hall–Kier alpha value is -3.85. The van der Waals surface area contributed by atoms with Crippen LogP contribution < -0.4 is 4.74 Å². The van der Waals surface area contributed by atoms with E-state index in [0.29, 0.717) is 12.4 Å². The van der Waals surface area contributed by atoms with Crippen LogP contribution in [0.3, 0.4) is 0 Å². The van der Waals surface area contributed by atoms with E-state index in [0.717, 1.165) is 33.2 Å². The summed E-state index contributed by atoms with van der Waals surface area (Å²) in [5.41, 5.74) is 2.63. The van der Waals surface area contributed by atoms with E-state index >= 15 is 0 Å². The Bertz CT molecular complexity index is 1190. The predicted octanol–water partition coefficient (Wildman–Crippen LogP) is 5.95. The lowest BCUT2D eigenvalue weighted by Gasteiger charge is -2.23. The summed E-state index contributed by atoms with van der Waals surface area (Å²) in [4.78, 5) is 13.5. The Morgan fingerprint density at radius 1 is 0.767 bits per heavy atom. The van der Waals surface area contributed by atoms with Gasteiger partial charge in [-0.1, -0.05) is 91.0 Å². The minimum Gasteiger partial charge on any atom is -0.489 e. The molecule has 0 N–H and O–H groups in total. The molecule has 0 saturated carbocycles. The summed E-state index contributed by atoms with van der Waals surface area (Å²) in [6.45, 7) is 0.370. The standard InChI is InChI=1S/C27H20O3/c28-27(25(20-10-3-1-4-11-20)21-12-5-2-6-13-21)30-24-17-18-29-23-16-15-19-9-7-8-14-22(19)26(23)24/h1-17,25H,18H2. The van der Waals surface area contributed by atoms with Crippen molar-refractivity contribution in [3.05, 3.63) is 120 Å². The van der Waals surface area contributed by atoms with E-state index in [1.165, 1.54) is 0 Å². The van der Waals surface area contributed by atoms with Crippen LogP contribution in [0.1, 0.15) is 22.6 Å². The molecule has 1 aliphatic rings. The molecular formula is C27H20O3. The SMILES string of the molecule is O=C(OC1=CCOc2ccc3ccccc3c21)C(c1ccccc1)c1ccccc1. The third-order valence-electron chi connectivity index (χ3n) is 5.36.